The summed E-state index contributed by atoms with van der Waals surface area (Å²) in [4.78, 5) is 12.1. The first-order chi connectivity index (χ1) is 8.80. The summed E-state index contributed by atoms with van der Waals surface area (Å²) < 4.78 is 13.7. The molecule has 0 bridgehead atoms. The Morgan fingerprint density at radius 3 is 2.26 bits per heavy atom. The fourth-order valence-corrected chi connectivity index (χ4v) is 2.29. The summed E-state index contributed by atoms with van der Waals surface area (Å²) in [7, 11) is -0.452. The molecule has 1 aromatic rings. The van der Waals surface area contributed by atoms with Crippen LogP contribution >= 0.6 is 0 Å². The van der Waals surface area contributed by atoms with Crippen LogP contribution in [0.5, 0.6) is 0 Å². The molecule has 0 amide bonds. The van der Waals surface area contributed by atoms with E-state index in [1.165, 1.54) is 0 Å². The predicted molar refractivity (Wildman–Crippen MR) is 74.7 cm³/mol. The van der Waals surface area contributed by atoms with Gasteiger partial charge in [-0.05, 0) is 52.1 Å². The smallest absolute Gasteiger partial charge is 0.399 e. The van der Waals surface area contributed by atoms with Crippen molar-refractivity contribution in [1.29, 1.82) is 0 Å². The summed E-state index contributed by atoms with van der Waals surface area (Å²) in [5.74, 6) is 0. The summed E-state index contributed by atoms with van der Waals surface area (Å²) >= 11 is 0. The normalized spacial score (nSPS) is 24.7. The minimum Gasteiger partial charge on any atom is -0.399 e. The van der Waals surface area contributed by atoms with Crippen molar-refractivity contribution in [2.45, 2.75) is 57.8 Å². The zero-order chi connectivity index (χ0) is 13.8. The summed E-state index contributed by atoms with van der Waals surface area (Å²) in [5.41, 5.74) is 0.0988. The van der Waals surface area contributed by atoms with Gasteiger partial charge < -0.3 is 13.9 Å². The molecular formula is C14H20BNO3. The summed E-state index contributed by atoms with van der Waals surface area (Å²) in [6, 6.07) is 3.97. The highest BCUT2D eigenvalue weighted by molar-refractivity contribution is 6.62. The average Bonchev–Trinajstić information content (AvgIpc) is 3.07. The fraction of sp³-hybridized carbons (Fsp3) is 0.643. The molecule has 0 spiro atoms. The topological polar surface area (TPSA) is 40.5 Å². The molecule has 1 saturated carbocycles. The van der Waals surface area contributed by atoms with Crippen molar-refractivity contribution in [3.05, 3.63) is 28.7 Å². The molecule has 2 fully saturated rings. The Hall–Kier alpha value is -1.07. The van der Waals surface area contributed by atoms with Crippen LogP contribution in [0.25, 0.3) is 0 Å². The van der Waals surface area contributed by atoms with E-state index in [0.29, 0.717) is 6.04 Å². The molecule has 1 saturated heterocycles. The molecule has 3 rings (SSSR count). The van der Waals surface area contributed by atoms with Crippen molar-refractivity contribution in [1.82, 2.24) is 4.57 Å². The van der Waals surface area contributed by atoms with Crippen molar-refractivity contribution in [3.63, 3.8) is 0 Å². The third-order valence-electron chi connectivity index (χ3n) is 4.44. The Morgan fingerprint density at radius 2 is 1.79 bits per heavy atom. The van der Waals surface area contributed by atoms with Gasteiger partial charge in [-0.1, -0.05) is 0 Å². The van der Waals surface area contributed by atoms with Gasteiger partial charge in [0, 0.05) is 18.3 Å². The van der Waals surface area contributed by atoms with Gasteiger partial charge in [0.1, 0.15) is 0 Å². The molecular weight excluding hydrogens is 241 g/mol. The highest BCUT2D eigenvalue weighted by Crippen LogP contribution is 2.36. The minimum atomic E-state index is -0.452. The van der Waals surface area contributed by atoms with Crippen LogP contribution in [-0.2, 0) is 9.31 Å². The van der Waals surface area contributed by atoms with Gasteiger partial charge >= 0.3 is 7.12 Å². The molecule has 0 atom stereocenters. The molecule has 0 aromatic carbocycles. The van der Waals surface area contributed by atoms with Crippen LogP contribution in [0.2, 0.25) is 0 Å². The predicted octanol–water partition coefficient (Wildman–Crippen LogP) is 1.48. The maximum absolute atomic E-state index is 12.1. The van der Waals surface area contributed by atoms with Crippen LogP contribution in [-0.4, -0.2) is 22.9 Å². The van der Waals surface area contributed by atoms with Crippen LogP contribution in [0, 0.1) is 0 Å². The number of aromatic nitrogens is 1. The van der Waals surface area contributed by atoms with Crippen LogP contribution in [0.15, 0.2) is 23.1 Å². The van der Waals surface area contributed by atoms with Crippen molar-refractivity contribution in [2.75, 3.05) is 0 Å². The summed E-state index contributed by atoms with van der Waals surface area (Å²) in [5, 5.41) is 0. The molecule has 2 aliphatic rings. The largest absolute Gasteiger partial charge is 0.495 e. The van der Waals surface area contributed by atoms with Crippen LogP contribution in [0.4, 0.5) is 0 Å². The minimum absolute atomic E-state index is 0.0368. The van der Waals surface area contributed by atoms with E-state index in [4.69, 9.17) is 9.31 Å². The van der Waals surface area contributed by atoms with Gasteiger partial charge in [0.15, 0.2) is 0 Å². The first-order valence-electron chi connectivity index (χ1n) is 6.88. The highest BCUT2D eigenvalue weighted by Gasteiger charge is 2.51. The zero-order valence-corrected chi connectivity index (χ0v) is 12.0. The molecule has 0 radical (unpaired) electrons. The Balaban J connectivity index is 1.88. The van der Waals surface area contributed by atoms with Gasteiger partial charge in [0.25, 0.3) is 0 Å². The van der Waals surface area contributed by atoms with Gasteiger partial charge in [-0.15, -0.1) is 0 Å². The van der Waals surface area contributed by atoms with E-state index >= 15 is 0 Å². The van der Waals surface area contributed by atoms with E-state index in [1.807, 2.05) is 40.0 Å². The number of nitrogens with zero attached hydrogens (tertiary/aromatic N) is 1. The lowest BCUT2D eigenvalue weighted by molar-refractivity contribution is 0.00578. The van der Waals surface area contributed by atoms with Gasteiger partial charge in [0.05, 0.1) is 11.2 Å². The van der Waals surface area contributed by atoms with E-state index in [2.05, 4.69) is 0 Å². The Kier molecular flexibility index (Phi) is 2.70. The van der Waals surface area contributed by atoms with E-state index in [0.717, 1.165) is 18.3 Å². The Labute approximate surface area is 113 Å². The lowest BCUT2D eigenvalue weighted by atomic mass is 9.80. The van der Waals surface area contributed by atoms with Crippen LogP contribution in [0.1, 0.15) is 46.6 Å². The lowest BCUT2D eigenvalue weighted by Crippen LogP contribution is -2.41. The molecule has 1 aliphatic heterocycles. The second kappa shape index (κ2) is 3.96. The standard InChI is InChI=1S/C14H20BNO3/c1-13(2)14(3,4)19-15(18-13)10-7-8-16(11-5-6-11)12(17)9-10/h7-9,11H,5-6H2,1-4H3. The second-order valence-corrected chi connectivity index (χ2v) is 6.53. The van der Waals surface area contributed by atoms with Gasteiger partial charge in [-0.25, -0.2) is 0 Å². The number of rotatable bonds is 2. The van der Waals surface area contributed by atoms with E-state index in [-0.39, 0.29) is 16.8 Å². The first kappa shape index (κ1) is 12.9. The molecule has 0 unspecified atom stereocenters. The monoisotopic (exact) mass is 261 g/mol. The van der Waals surface area contributed by atoms with Crippen molar-refractivity contribution in [3.8, 4) is 0 Å². The highest BCUT2D eigenvalue weighted by atomic mass is 16.7. The number of hydrogen-bond acceptors (Lipinski definition) is 3. The summed E-state index contributed by atoms with van der Waals surface area (Å²) in [6.07, 6.45) is 4.08. The zero-order valence-electron chi connectivity index (χ0n) is 12.0. The Bertz CT molecular complexity index is 544. The first-order valence-corrected chi connectivity index (χ1v) is 6.88. The van der Waals surface area contributed by atoms with Crippen LogP contribution < -0.4 is 11.0 Å². The molecule has 1 aromatic heterocycles. The SMILES string of the molecule is CC1(C)OB(c2ccn(C3CC3)c(=O)c2)OC1(C)C. The maximum atomic E-state index is 12.1. The third kappa shape index (κ3) is 2.15. The Morgan fingerprint density at radius 1 is 1.21 bits per heavy atom. The summed E-state index contributed by atoms with van der Waals surface area (Å²) in [6.45, 7) is 8.05. The van der Waals surface area contributed by atoms with E-state index in [9.17, 15) is 4.79 Å². The van der Waals surface area contributed by atoms with Crippen molar-refractivity contribution < 1.29 is 9.31 Å². The van der Waals surface area contributed by atoms with E-state index in [1.54, 1.807) is 10.6 Å². The molecule has 4 nitrogen and oxygen atoms in total. The quantitative estimate of drug-likeness (QED) is 0.757. The second-order valence-electron chi connectivity index (χ2n) is 6.53. The third-order valence-corrected chi connectivity index (χ3v) is 4.44. The van der Waals surface area contributed by atoms with E-state index < -0.39 is 7.12 Å². The molecule has 19 heavy (non-hydrogen) atoms. The molecule has 102 valence electrons. The number of hydrogen-bond donors (Lipinski definition) is 0. The van der Waals surface area contributed by atoms with Crippen molar-refractivity contribution in [2.24, 2.45) is 0 Å². The lowest BCUT2D eigenvalue weighted by Gasteiger charge is -2.32. The van der Waals surface area contributed by atoms with Crippen LogP contribution in [0.3, 0.4) is 0 Å². The maximum Gasteiger partial charge on any atom is 0.495 e. The fourth-order valence-electron chi connectivity index (χ4n) is 2.29. The molecule has 5 heteroatoms. The average molecular weight is 261 g/mol. The molecule has 2 heterocycles. The van der Waals surface area contributed by atoms with Gasteiger partial charge in [0.2, 0.25) is 5.56 Å². The molecule has 0 N–H and O–H groups in total. The van der Waals surface area contributed by atoms with Gasteiger partial charge in [-0.2, -0.15) is 0 Å². The van der Waals surface area contributed by atoms with Gasteiger partial charge in [-0.3, -0.25) is 4.79 Å². The number of pyridine rings is 1. The van der Waals surface area contributed by atoms with Crippen molar-refractivity contribution >= 4 is 12.6 Å². The molecule has 1 aliphatic carbocycles.